The molecule has 0 bridgehead atoms. The maximum atomic E-state index is 10.7. The molecule has 0 aliphatic heterocycles. The molecule has 172 valence electrons. The molecule has 1 aromatic heterocycles. The fraction of sp³-hybridized carbons (Fsp3) is 0.321. The molecule has 0 radical (unpaired) electrons. The van der Waals surface area contributed by atoms with Gasteiger partial charge in [0.2, 0.25) is 0 Å². The Labute approximate surface area is 195 Å². The molecule has 4 aromatic rings. The molecule has 0 aliphatic carbocycles. The van der Waals surface area contributed by atoms with E-state index in [1.165, 1.54) is 16.7 Å². The van der Waals surface area contributed by atoms with E-state index in [0.717, 1.165) is 28.4 Å². The van der Waals surface area contributed by atoms with Gasteiger partial charge in [0.05, 0.1) is 17.6 Å². The van der Waals surface area contributed by atoms with Crippen molar-refractivity contribution < 1.29 is 14.6 Å². The van der Waals surface area contributed by atoms with Crippen LogP contribution in [0.3, 0.4) is 0 Å². The van der Waals surface area contributed by atoms with Gasteiger partial charge in [0.15, 0.2) is 0 Å². The number of rotatable bonds is 9. The van der Waals surface area contributed by atoms with Crippen LogP contribution in [0.2, 0.25) is 0 Å². The molecule has 0 amide bonds. The van der Waals surface area contributed by atoms with Gasteiger partial charge in [0.25, 0.3) is 0 Å². The Hall–Kier alpha value is -3.31. The number of para-hydroxylation sites is 2. The molecule has 0 aliphatic rings. The van der Waals surface area contributed by atoms with Crippen molar-refractivity contribution in [1.82, 2.24) is 9.55 Å². The Kier molecular flexibility index (Phi) is 6.99. The molecular weight excluding hydrogens is 412 g/mol. The summed E-state index contributed by atoms with van der Waals surface area (Å²) in [5.74, 6) is 2.82. The van der Waals surface area contributed by atoms with Crippen LogP contribution < -0.4 is 9.47 Å². The molecule has 5 nitrogen and oxygen atoms in total. The largest absolute Gasteiger partial charge is 0.491 e. The number of ether oxygens (including phenoxy) is 2. The topological polar surface area (TPSA) is 56.5 Å². The van der Waals surface area contributed by atoms with Gasteiger partial charge >= 0.3 is 0 Å². The monoisotopic (exact) mass is 444 g/mol. The van der Waals surface area contributed by atoms with Crippen molar-refractivity contribution in [3.05, 3.63) is 89.2 Å². The molecule has 1 heterocycles. The lowest BCUT2D eigenvalue weighted by Gasteiger charge is -2.16. The second kappa shape index (κ2) is 10.1. The van der Waals surface area contributed by atoms with Crippen LogP contribution in [0.25, 0.3) is 11.0 Å². The molecule has 0 spiro atoms. The van der Waals surface area contributed by atoms with Crippen molar-refractivity contribution >= 4 is 11.0 Å². The van der Waals surface area contributed by atoms with Gasteiger partial charge in [-0.3, -0.25) is 0 Å². The first-order valence-electron chi connectivity index (χ1n) is 11.5. The number of imidazole rings is 1. The van der Waals surface area contributed by atoms with Gasteiger partial charge < -0.3 is 19.1 Å². The summed E-state index contributed by atoms with van der Waals surface area (Å²) in [4.78, 5) is 4.76. The van der Waals surface area contributed by atoms with Crippen LogP contribution in [0.1, 0.15) is 42.3 Å². The van der Waals surface area contributed by atoms with Gasteiger partial charge in [-0.1, -0.05) is 49.7 Å². The van der Waals surface area contributed by atoms with E-state index in [1.54, 1.807) is 0 Å². The second-order valence-corrected chi connectivity index (χ2v) is 8.87. The van der Waals surface area contributed by atoms with E-state index in [-0.39, 0.29) is 6.61 Å². The molecule has 33 heavy (non-hydrogen) atoms. The number of aryl methyl sites for hydroxylation is 2. The van der Waals surface area contributed by atoms with Crippen molar-refractivity contribution in [2.45, 2.75) is 52.9 Å². The Morgan fingerprint density at radius 3 is 2.36 bits per heavy atom. The lowest BCUT2D eigenvalue weighted by atomic mass is 9.98. The molecular formula is C28H32N2O3. The highest BCUT2D eigenvalue weighted by Gasteiger charge is 2.16. The lowest BCUT2D eigenvalue weighted by molar-refractivity contribution is 0.0917. The molecule has 0 fully saturated rings. The van der Waals surface area contributed by atoms with Gasteiger partial charge in [-0.2, -0.15) is 0 Å². The van der Waals surface area contributed by atoms with Gasteiger partial charge in [0, 0.05) is 0 Å². The van der Waals surface area contributed by atoms with Gasteiger partial charge in [-0.25, -0.2) is 4.98 Å². The summed E-state index contributed by atoms with van der Waals surface area (Å²) in [7, 11) is 0. The third kappa shape index (κ3) is 5.55. The molecule has 3 aromatic carbocycles. The minimum atomic E-state index is -0.685. The van der Waals surface area contributed by atoms with Crippen molar-refractivity contribution in [3.8, 4) is 11.5 Å². The zero-order valence-electron chi connectivity index (χ0n) is 19.8. The SMILES string of the molecule is Cc1ccc(OCC(O)Cn2c(COc3ccc(C(C)C)c(C)c3)nc3ccccc32)cc1. The van der Waals surface area contributed by atoms with Gasteiger partial charge in [-0.15, -0.1) is 0 Å². The fourth-order valence-electron chi connectivity index (χ4n) is 4.06. The Morgan fingerprint density at radius 1 is 0.909 bits per heavy atom. The average molecular weight is 445 g/mol. The zero-order valence-corrected chi connectivity index (χ0v) is 19.8. The van der Waals surface area contributed by atoms with Crippen LogP contribution in [0, 0.1) is 13.8 Å². The average Bonchev–Trinajstić information content (AvgIpc) is 3.14. The van der Waals surface area contributed by atoms with E-state index in [9.17, 15) is 5.11 Å². The number of hydrogen-bond donors (Lipinski definition) is 1. The number of benzene rings is 3. The predicted molar refractivity (Wildman–Crippen MR) is 132 cm³/mol. The molecule has 1 atom stereocenters. The number of nitrogens with zero attached hydrogens (tertiary/aromatic N) is 2. The standard InChI is InChI=1S/C28H32N2O3/c1-19(2)25-14-13-24(15-21(25)4)33-18-28-29-26-7-5-6-8-27(26)30(28)16-22(31)17-32-23-11-9-20(3)10-12-23/h5-15,19,22,31H,16-18H2,1-4H3. The van der Waals surface area contributed by atoms with Crippen molar-refractivity contribution in [2.24, 2.45) is 0 Å². The highest BCUT2D eigenvalue weighted by molar-refractivity contribution is 5.75. The Balaban J connectivity index is 1.48. The molecule has 0 saturated carbocycles. The molecule has 4 rings (SSSR count). The quantitative estimate of drug-likeness (QED) is 0.355. The van der Waals surface area contributed by atoms with Crippen LogP contribution in [0.4, 0.5) is 0 Å². The third-order valence-electron chi connectivity index (χ3n) is 5.82. The zero-order chi connectivity index (χ0) is 23.4. The fourth-order valence-corrected chi connectivity index (χ4v) is 4.06. The van der Waals surface area contributed by atoms with E-state index in [1.807, 2.05) is 66.1 Å². The number of fused-ring (bicyclic) bond motifs is 1. The van der Waals surface area contributed by atoms with Crippen molar-refractivity contribution in [2.75, 3.05) is 6.61 Å². The van der Waals surface area contributed by atoms with Crippen molar-refractivity contribution in [1.29, 1.82) is 0 Å². The van der Waals surface area contributed by atoms with Crippen molar-refractivity contribution in [3.63, 3.8) is 0 Å². The number of aromatic nitrogens is 2. The highest BCUT2D eigenvalue weighted by Crippen LogP contribution is 2.25. The van der Waals surface area contributed by atoms with Crippen LogP contribution in [-0.4, -0.2) is 27.4 Å². The lowest BCUT2D eigenvalue weighted by Crippen LogP contribution is -2.25. The number of aliphatic hydroxyl groups is 1. The Bertz CT molecular complexity index is 1210. The van der Waals surface area contributed by atoms with Crippen LogP contribution in [0.5, 0.6) is 11.5 Å². The van der Waals surface area contributed by atoms with Gasteiger partial charge in [0.1, 0.15) is 36.6 Å². The van der Waals surface area contributed by atoms with E-state index < -0.39 is 6.10 Å². The first-order valence-corrected chi connectivity index (χ1v) is 11.5. The summed E-state index contributed by atoms with van der Waals surface area (Å²) in [5, 5.41) is 10.7. The van der Waals surface area contributed by atoms with E-state index >= 15 is 0 Å². The van der Waals surface area contributed by atoms with E-state index in [4.69, 9.17) is 14.5 Å². The summed E-state index contributed by atoms with van der Waals surface area (Å²) < 4.78 is 13.9. The van der Waals surface area contributed by atoms with E-state index in [0.29, 0.717) is 19.1 Å². The molecule has 1 N–H and O–H groups in total. The summed E-state index contributed by atoms with van der Waals surface area (Å²) >= 11 is 0. The minimum Gasteiger partial charge on any atom is -0.491 e. The minimum absolute atomic E-state index is 0.200. The third-order valence-corrected chi connectivity index (χ3v) is 5.82. The molecule has 0 saturated heterocycles. The summed E-state index contributed by atoms with van der Waals surface area (Å²) in [5.41, 5.74) is 5.57. The first-order chi connectivity index (χ1) is 15.9. The maximum Gasteiger partial charge on any atom is 0.148 e. The molecule has 5 heteroatoms. The smallest absolute Gasteiger partial charge is 0.148 e. The number of hydrogen-bond acceptors (Lipinski definition) is 4. The normalized spacial score (nSPS) is 12.3. The van der Waals surface area contributed by atoms with Crippen LogP contribution in [0.15, 0.2) is 66.7 Å². The van der Waals surface area contributed by atoms with Crippen LogP contribution >= 0.6 is 0 Å². The first kappa shape index (κ1) is 22.9. The maximum absolute atomic E-state index is 10.7. The van der Waals surface area contributed by atoms with E-state index in [2.05, 4.69) is 32.9 Å². The van der Waals surface area contributed by atoms with Crippen LogP contribution in [-0.2, 0) is 13.2 Å². The summed E-state index contributed by atoms with van der Waals surface area (Å²) in [6, 6.07) is 22.0. The summed E-state index contributed by atoms with van der Waals surface area (Å²) in [6.45, 7) is 9.43. The predicted octanol–water partition coefficient (Wildman–Crippen LogP) is 5.80. The van der Waals surface area contributed by atoms with Gasteiger partial charge in [-0.05, 0) is 67.3 Å². The molecule has 1 unspecified atom stereocenters. The summed E-state index contributed by atoms with van der Waals surface area (Å²) in [6.07, 6.45) is -0.685. The second-order valence-electron chi connectivity index (χ2n) is 8.87. The highest BCUT2D eigenvalue weighted by atomic mass is 16.5. The Morgan fingerprint density at radius 2 is 1.64 bits per heavy atom. The number of aliphatic hydroxyl groups excluding tert-OH is 1.